The van der Waals surface area contributed by atoms with E-state index < -0.39 is 59.9 Å². The second kappa shape index (κ2) is 8.46. The molecule has 1 unspecified atom stereocenters. The van der Waals surface area contributed by atoms with Crippen LogP contribution in [0.5, 0.6) is 0 Å². The first-order chi connectivity index (χ1) is 15.3. The van der Waals surface area contributed by atoms with Crippen molar-refractivity contribution in [3.63, 3.8) is 0 Å². The number of aliphatic hydroxyl groups is 1. The van der Waals surface area contributed by atoms with Crippen LogP contribution in [0.3, 0.4) is 0 Å². The maximum absolute atomic E-state index is 13.6. The lowest BCUT2D eigenvalue weighted by Gasteiger charge is -2.29. The number of nitrogens with zero attached hydrogens (tertiary/aromatic N) is 5. The third-order valence-electron chi connectivity index (χ3n) is 4.66. The van der Waals surface area contributed by atoms with Gasteiger partial charge in [0.25, 0.3) is 5.91 Å². The van der Waals surface area contributed by atoms with E-state index in [1.165, 1.54) is 7.05 Å². The van der Waals surface area contributed by atoms with E-state index in [1.54, 1.807) is 0 Å². The summed E-state index contributed by atoms with van der Waals surface area (Å²) < 4.78 is 95.6. The Morgan fingerprint density at radius 1 is 1.12 bits per heavy atom. The molecule has 0 aliphatic rings. The topological polar surface area (TPSA) is 97.9 Å². The van der Waals surface area contributed by atoms with Crippen molar-refractivity contribution in [2.45, 2.75) is 24.4 Å². The number of carbonyl (C=O) groups is 1. The molecule has 0 bridgehead atoms. The maximum atomic E-state index is 13.6. The average Bonchev–Trinajstić information content (AvgIpc) is 3.34. The highest BCUT2D eigenvalue weighted by Gasteiger charge is 2.57. The van der Waals surface area contributed by atoms with Gasteiger partial charge in [0.05, 0.1) is 5.69 Å². The predicted octanol–water partition coefficient (Wildman–Crippen LogP) is 2.73. The van der Waals surface area contributed by atoms with Gasteiger partial charge < -0.3 is 15.0 Å². The molecule has 0 saturated carbocycles. The molecule has 2 aromatic heterocycles. The van der Waals surface area contributed by atoms with Gasteiger partial charge in [0.2, 0.25) is 5.60 Å². The van der Waals surface area contributed by atoms with Crippen LogP contribution in [-0.2, 0) is 18.8 Å². The lowest BCUT2D eigenvalue weighted by Crippen LogP contribution is -2.46. The summed E-state index contributed by atoms with van der Waals surface area (Å²) >= 11 is 0. The molecule has 0 aliphatic carbocycles. The van der Waals surface area contributed by atoms with Gasteiger partial charge in [-0.05, 0) is 24.3 Å². The SMILES string of the molecule is Cn1ccnc1C(O)(CCNC(=O)c1nnn(-c2ccc(F)cc2)c1C(F)(F)F)C(F)(F)F. The first kappa shape index (κ1) is 24.2. The van der Waals surface area contributed by atoms with Gasteiger partial charge in [-0.2, -0.15) is 26.3 Å². The van der Waals surface area contributed by atoms with Crippen molar-refractivity contribution in [2.24, 2.45) is 7.05 Å². The first-order valence-corrected chi connectivity index (χ1v) is 9.09. The first-order valence-electron chi connectivity index (χ1n) is 9.09. The van der Waals surface area contributed by atoms with Crippen molar-refractivity contribution in [1.82, 2.24) is 29.9 Å². The standard InChI is InChI=1S/C18H15F7N6O2/c1-30-9-8-27-15(30)16(33,18(23,24)25)6-7-26-14(32)12-13(17(20,21)22)31(29-28-12)11-4-2-10(19)3-5-11/h2-5,8-9,33H,6-7H2,1H3,(H,26,32). The predicted molar refractivity (Wildman–Crippen MR) is 96.4 cm³/mol. The summed E-state index contributed by atoms with van der Waals surface area (Å²) in [5.41, 5.74) is -6.55. The zero-order chi connectivity index (χ0) is 24.6. The van der Waals surface area contributed by atoms with Gasteiger partial charge in [-0.1, -0.05) is 5.21 Å². The van der Waals surface area contributed by atoms with E-state index in [-0.39, 0.29) is 10.4 Å². The molecule has 15 heteroatoms. The lowest BCUT2D eigenvalue weighted by atomic mass is 9.97. The summed E-state index contributed by atoms with van der Waals surface area (Å²) in [7, 11) is 1.21. The molecule has 0 spiro atoms. The summed E-state index contributed by atoms with van der Waals surface area (Å²) in [4.78, 5) is 15.8. The Bertz CT molecular complexity index is 1140. The van der Waals surface area contributed by atoms with Crippen LogP contribution in [0.25, 0.3) is 5.69 Å². The number of carbonyl (C=O) groups excluding carboxylic acids is 1. The Balaban J connectivity index is 1.85. The third-order valence-corrected chi connectivity index (χ3v) is 4.66. The zero-order valence-corrected chi connectivity index (χ0v) is 16.6. The molecule has 1 atom stereocenters. The van der Waals surface area contributed by atoms with Crippen LogP contribution in [-0.4, -0.2) is 48.3 Å². The van der Waals surface area contributed by atoms with E-state index >= 15 is 0 Å². The van der Waals surface area contributed by atoms with Crippen LogP contribution >= 0.6 is 0 Å². The van der Waals surface area contributed by atoms with Gasteiger partial charge >= 0.3 is 12.4 Å². The highest BCUT2D eigenvalue weighted by atomic mass is 19.4. The summed E-state index contributed by atoms with van der Waals surface area (Å²) in [5.74, 6) is -2.96. The number of nitrogens with one attached hydrogen (secondary N) is 1. The van der Waals surface area contributed by atoms with Crippen molar-refractivity contribution in [3.8, 4) is 5.69 Å². The zero-order valence-electron chi connectivity index (χ0n) is 16.6. The molecule has 8 nitrogen and oxygen atoms in total. The number of aromatic nitrogens is 5. The second-order valence-electron chi connectivity index (χ2n) is 6.90. The van der Waals surface area contributed by atoms with Gasteiger partial charge in [-0.15, -0.1) is 5.10 Å². The number of alkyl halides is 6. The molecule has 0 saturated heterocycles. The minimum Gasteiger partial charge on any atom is -0.374 e. The summed E-state index contributed by atoms with van der Waals surface area (Å²) in [5, 5.41) is 18.6. The molecule has 2 N–H and O–H groups in total. The fourth-order valence-corrected chi connectivity index (χ4v) is 3.04. The molecule has 1 amide bonds. The van der Waals surface area contributed by atoms with Crippen molar-refractivity contribution in [2.75, 3.05) is 6.54 Å². The molecule has 3 rings (SSSR count). The number of halogens is 7. The van der Waals surface area contributed by atoms with E-state index in [9.17, 15) is 40.6 Å². The van der Waals surface area contributed by atoms with E-state index in [2.05, 4.69) is 15.3 Å². The number of imidazole rings is 1. The molecule has 0 radical (unpaired) electrons. The molecular formula is C18H15F7N6O2. The van der Waals surface area contributed by atoms with Crippen molar-refractivity contribution >= 4 is 5.91 Å². The Labute approximate surface area is 180 Å². The normalized spacial score (nSPS) is 14.2. The van der Waals surface area contributed by atoms with Crippen LogP contribution in [0.2, 0.25) is 0 Å². The molecule has 0 fully saturated rings. The van der Waals surface area contributed by atoms with Crippen molar-refractivity contribution in [1.29, 1.82) is 0 Å². The number of hydrogen-bond acceptors (Lipinski definition) is 5. The van der Waals surface area contributed by atoms with Crippen LogP contribution in [0.1, 0.15) is 28.4 Å². The Kier molecular flexibility index (Phi) is 6.19. The van der Waals surface area contributed by atoms with Crippen LogP contribution in [0.15, 0.2) is 36.7 Å². The number of aryl methyl sites for hydroxylation is 1. The Hall–Kier alpha value is -3.49. The third kappa shape index (κ3) is 4.67. The molecule has 3 aromatic rings. The Morgan fingerprint density at radius 3 is 2.27 bits per heavy atom. The number of benzene rings is 1. The van der Waals surface area contributed by atoms with Gasteiger partial charge in [0.15, 0.2) is 11.4 Å². The highest BCUT2D eigenvalue weighted by molar-refractivity contribution is 5.93. The van der Waals surface area contributed by atoms with E-state index in [0.29, 0.717) is 0 Å². The van der Waals surface area contributed by atoms with E-state index in [1.807, 2.05) is 5.32 Å². The Morgan fingerprint density at radius 2 is 1.76 bits per heavy atom. The molecule has 2 heterocycles. The van der Waals surface area contributed by atoms with Gasteiger partial charge in [0, 0.05) is 32.4 Å². The van der Waals surface area contributed by atoms with Crippen LogP contribution in [0, 0.1) is 5.82 Å². The molecule has 1 aromatic carbocycles. The summed E-state index contributed by atoms with van der Waals surface area (Å²) in [6, 6.07) is 3.67. The monoisotopic (exact) mass is 480 g/mol. The maximum Gasteiger partial charge on any atom is 0.435 e. The van der Waals surface area contributed by atoms with Crippen molar-refractivity contribution < 1.29 is 40.6 Å². The quantitative estimate of drug-likeness (QED) is 0.529. The van der Waals surface area contributed by atoms with E-state index in [0.717, 1.165) is 41.2 Å². The van der Waals surface area contributed by atoms with Gasteiger partial charge in [-0.25, -0.2) is 14.1 Å². The average molecular weight is 480 g/mol. The fraction of sp³-hybridized carbons (Fsp3) is 0.333. The number of rotatable bonds is 6. The van der Waals surface area contributed by atoms with Crippen LogP contribution in [0.4, 0.5) is 30.7 Å². The van der Waals surface area contributed by atoms with E-state index in [4.69, 9.17) is 0 Å². The minimum absolute atomic E-state index is 0.253. The second-order valence-corrected chi connectivity index (χ2v) is 6.90. The smallest absolute Gasteiger partial charge is 0.374 e. The fourth-order valence-electron chi connectivity index (χ4n) is 3.04. The number of amides is 1. The largest absolute Gasteiger partial charge is 0.435 e. The molecule has 33 heavy (non-hydrogen) atoms. The number of hydrogen-bond donors (Lipinski definition) is 2. The minimum atomic E-state index is -5.19. The van der Waals surface area contributed by atoms with Crippen molar-refractivity contribution in [3.05, 3.63) is 59.7 Å². The highest BCUT2D eigenvalue weighted by Crippen LogP contribution is 2.40. The molecular weight excluding hydrogens is 465 g/mol. The summed E-state index contributed by atoms with van der Waals surface area (Å²) in [6.07, 6.45) is -9.29. The van der Waals surface area contributed by atoms with Gasteiger partial charge in [0.1, 0.15) is 11.6 Å². The lowest BCUT2D eigenvalue weighted by molar-refractivity contribution is -0.272. The van der Waals surface area contributed by atoms with Gasteiger partial charge in [-0.3, -0.25) is 4.79 Å². The summed E-state index contributed by atoms with van der Waals surface area (Å²) in [6.45, 7) is -0.873. The molecule has 0 aliphatic heterocycles. The van der Waals surface area contributed by atoms with Crippen LogP contribution < -0.4 is 5.32 Å². The molecule has 178 valence electrons.